The van der Waals surface area contributed by atoms with Gasteiger partial charge < -0.3 is 24.1 Å². The Kier molecular flexibility index (Phi) is 5.65. The van der Waals surface area contributed by atoms with E-state index in [1.54, 1.807) is 0 Å². The Balaban J connectivity index is 0.957. The summed E-state index contributed by atoms with van der Waals surface area (Å²) < 4.78 is 22.5. The van der Waals surface area contributed by atoms with Gasteiger partial charge >= 0.3 is 5.97 Å². The first-order chi connectivity index (χ1) is 13.7. The van der Waals surface area contributed by atoms with Crippen LogP contribution in [0.3, 0.4) is 0 Å². The zero-order valence-corrected chi connectivity index (χ0v) is 16.7. The Hall–Kier alpha value is -0.690. The molecular formula is C22H34O6. The number of hydrogen-bond donors (Lipinski definition) is 1. The molecule has 28 heavy (non-hydrogen) atoms. The third kappa shape index (κ3) is 4.55. The van der Waals surface area contributed by atoms with Crippen LogP contribution in [0.1, 0.15) is 64.2 Å². The van der Waals surface area contributed by atoms with Gasteiger partial charge in [-0.2, -0.15) is 0 Å². The van der Waals surface area contributed by atoms with Crippen molar-refractivity contribution in [3.8, 4) is 0 Å². The number of carbonyl (C=O) groups excluding carboxylic acids is 1. The van der Waals surface area contributed by atoms with Crippen molar-refractivity contribution in [2.45, 2.75) is 94.9 Å². The fourth-order valence-corrected chi connectivity index (χ4v) is 5.57. The van der Waals surface area contributed by atoms with Crippen LogP contribution < -0.4 is 0 Å². The van der Waals surface area contributed by atoms with E-state index in [-0.39, 0.29) is 17.8 Å². The highest BCUT2D eigenvalue weighted by atomic mass is 16.6. The fourth-order valence-electron chi connectivity index (χ4n) is 5.57. The normalized spacial score (nSPS) is 45.5. The van der Waals surface area contributed by atoms with Gasteiger partial charge in [-0.3, -0.25) is 4.79 Å². The average molecular weight is 395 g/mol. The highest BCUT2D eigenvalue weighted by Gasteiger charge is 2.47. The lowest BCUT2D eigenvalue weighted by Crippen LogP contribution is -2.31. The Labute approximate surface area is 167 Å². The number of esters is 1. The molecule has 7 atom stereocenters. The zero-order chi connectivity index (χ0) is 19.1. The molecule has 0 aromatic carbocycles. The van der Waals surface area contributed by atoms with Crippen molar-refractivity contribution in [2.24, 2.45) is 23.7 Å². The Bertz CT molecular complexity index is 559. The van der Waals surface area contributed by atoms with Crippen LogP contribution in [0, 0.1) is 23.7 Å². The van der Waals surface area contributed by atoms with E-state index in [4.69, 9.17) is 18.9 Å². The Morgan fingerprint density at radius 2 is 1.46 bits per heavy atom. The van der Waals surface area contributed by atoms with Crippen LogP contribution in [0.5, 0.6) is 0 Å². The third-order valence-electron chi connectivity index (χ3n) is 7.72. The van der Waals surface area contributed by atoms with E-state index in [0.717, 1.165) is 64.2 Å². The summed E-state index contributed by atoms with van der Waals surface area (Å²) in [4.78, 5) is 12.3. The standard InChI is InChI=1S/C22H34O6/c23-21(15-5-7-17-19(9-15)27-17)25-11-13-1-2-14(4-3-13)12-26-22(24)16-6-8-18-20(10-16)28-18/h13-21,23H,1-12H2. The summed E-state index contributed by atoms with van der Waals surface area (Å²) in [7, 11) is 0. The molecule has 0 radical (unpaired) electrons. The average Bonchev–Trinajstić information content (AvgIpc) is 3.63. The molecule has 0 bridgehead atoms. The SMILES string of the molecule is O=C(OCC1CCC(COC(O)C2CCC3OC3C2)CC1)C1CCC2OC2C1. The second-order valence-corrected chi connectivity index (χ2v) is 9.75. The molecule has 0 aromatic rings. The van der Waals surface area contributed by atoms with Crippen LogP contribution in [-0.2, 0) is 23.7 Å². The van der Waals surface area contributed by atoms with E-state index in [1.165, 1.54) is 0 Å². The summed E-state index contributed by atoms with van der Waals surface area (Å²) in [5.74, 6) is 1.25. The van der Waals surface area contributed by atoms with Gasteiger partial charge in [-0.25, -0.2) is 0 Å². The van der Waals surface area contributed by atoms with E-state index >= 15 is 0 Å². The van der Waals surface area contributed by atoms with Crippen LogP contribution in [-0.4, -0.2) is 55.0 Å². The van der Waals surface area contributed by atoms with Gasteiger partial charge in [-0.1, -0.05) is 0 Å². The van der Waals surface area contributed by atoms with Crippen molar-refractivity contribution < 1.29 is 28.8 Å². The number of epoxide rings is 2. The highest BCUT2D eigenvalue weighted by Crippen LogP contribution is 2.41. The summed E-state index contributed by atoms with van der Waals surface area (Å²) >= 11 is 0. The lowest BCUT2D eigenvalue weighted by atomic mass is 9.82. The Morgan fingerprint density at radius 1 is 0.821 bits per heavy atom. The number of aliphatic hydroxyl groups is 1. The summed E-state index contributed by atoms with van der Waals surface area (Å²) in [5.41, 5.74) is 0. The smallest absolute Gasteiger partial charge is 0.309 e. The van der Waals surface area contributed by atoms with Crippen LogP contribution in [0.2, 0.25) is 0 Å². The van der Waals surface area contributed by atoms with Gasteiger partial charge in [0.25, 0.3) is 0 Å². The molecule has 0 aromatic heterocycles. The molecule has 158 valence electrons. The molecule has 6 heteroatoms. The molecule has 5 aliphatic rings. The molecule has 2 heterocycles. The largest absolute Gasteiger partial charge is 0.465 e. The minimum atomic E-state index is -0.644. The van der Waals surface area contributed by atoms with E-state index in [1.807, 2.05) is 0 Å². The van der Waals surface area contributed by atoms with Crippen LogP contribution >= 0.6 is 0 Å². The molecule has 7 unspecified atom stereocenters. The van der Waals surface area contributed by atoms with Gasteiger partial charge in [0.05, 0.1) is 43.5 Å². The molecule has 3 aliphatic carbocycles. The molecule has 0 spiro atoms. The molecular weight excluding hydrogens is 360 g/mol. The molecule has 0 amide bonds. The number of rotatable bonds is 7. The van der Waals surface area contributed by atoms with Crippen molar-refractivity contribution in [1.82, 2.24) is 0 Å². The molecule has 1 N–H and O–H groups in total. The van der Waals surface area contributed by atoms with Crippen molar-refractivity contribution in [2.75, 3.05) is 13.2 Å². The lowest BCUT2D eigenvalue weighted by Gasteiger charge is -2.30. The van der Waals surface area contributed by atoms with E-state index < -0.39 is 6.29 Å². The topological polar surface area (TPSA) is 80.8 Å². The van der Waals surface area contributed by atoms with Gasteiger partial charge in [0.15, 0.2) is 6.29 Å². The van der Waals surface area contributed by atoms with Crippen LogP contribution in [0.4, 0.5) is 0 Å². The van der Waals surface area contributed by atoms with Crippen LogP contribution in [0.15, 0.2) is 0 Å². The molecule has 2 saturated heterocycles. The molecule has 5 fully saturated rings. The van der Waals surface area contributed by atoms with Crippen molar-refractivity contribution in [1.29, 1.82) is 0 Å². The van der Waals surface area contributed by atoms with Crippen molar-refractivity contribution in [3.05, 3.63) is 0 Å². The van der Waals surface area contributed by atoms with Crippen molar-refractivity contribution >= 4 is 5.97 Å². The summed E-state index contributed by atoms with van der Waals surface area (Å²) in [6, 6.07) is 0. The van der Waals surface area contributed by atoms with Gasteiger partial charge in [-0.05, 0) is 76.0 Å². The number of carbonyl (C=O) groups is 1. The predicted octanol–water partition coefficient (Wildman–Crippen LogP) is 2.81. The Morgan fingerprint density at radius 3 is 2.14 bits per heavy atom. The van der Waals surface area contributed by atoms with E-state index in [9.17, 15) is 9.90 Å². The second kappa shape index (κ2) is 8.21. The summed E-state index contributed by atoms with van der Waals surface area (Å²) in [5, 5.41) is 10.3. The minimum Gasteiger partial charge on any atom is -0.465 e. The molecule has 5 rings (SSSR count). The molecule has 3 saturated carbocycles. The van der Waals surface area contributed by atoms with Crippen molar-refractivity contribution in [3.63, 3.8) is 0 Å². The quantitative estimate of drug-likeness (QED) is 0.406. The van der Waals surface area contributed by atoms with Gasteiger partial charge in [0.2, 0.25) is 0 Å². The van der Waals surface area contributed by atoms with Gasteiger partial charge in [0.1, 0.15) is 0 Å². The third-order valence-corrected chi connectivity index (χ3v) is 7.72. The monoisotopic (exact) mass is 394 g/mol. The van der Waals surface area contributed by atoms with E-state index in [0.29, 0.717) is 49.5 Å². The molecule has 6 nitrogen and oxygen atoms in total. The number of ether oxygens (including phenoxy) is 4. The number of aliphatic hydroxyl groups excluding tert-OH is 1. The zero-order valence-electron chi connectivity index (χ0n) is 16.7. The number of fused-ring (bicyclic) bond motifs is 2. The second-order valence-electron chi connectivity index (χ2n) is 9.75. The first-order valence-corrected chi connectivity index (χ1v) is 11.4. The van der Waals surface area contributed by atoms with Gasteiger partial charge in [-0.15, -0.1) is 0 Å². The predicted molar refractivity (Wildman–Crippen MR) is 100 cm³/mol. The first-order valence-electron chi connectivity index (χ1n) is 11.4. The highest BCUT2D eigenvalue weighted by molar-refractivity contribution is 5.72. The maximum atomic E-state index is 12.3. The molecule has 2 aliphatic heterocycles. The number of hydrogen-bond acceptors (Lipinski definition) is 6. The summed E-state index contributed by atoms with van der Waals surface area (Å²) in [6.45, 7) is 1.20. The summed E-state index contributed by atoms with van der Waals surface area (Å²) in [6.07, 6.45) is 11.1. The first kappa shape index (κ1) is 19.3. The van der Waals surface area contributed by atoms with Crippen LogP contribution in [0.25, 0.3) is 0 Å². The fraction of sp³-hybridized carbons (Fsp3) is 0.955. The lowest BCUT2D eigenvalue weighted by molar-refractivity contribution is -0.154. The maximum absolute atomic E-state index is 12.3. The van der Waals surface area contributed by atoms with Gasteiger partial charge in [0, 0.05) is 5.92 Å². The van der Waals surface area contributed by atoms with E-state index in [2.05, 4.69) is 0 Å². The minimum absolute atomic E-state index is 0.0168. The maximum Gasteiger partial charge on any atom is 0.309 e.